The molecule has 16 heavy (non-hydrogen) atoms. The highest BCUT2D eigenvalue weighted by atomic mass is 16.2. The van der Waals surface area contributed by atoms with Crippen molar-refractivity contribution in [2.45, 2.75) is 33.2 Å². The van der Waals surface area contributed by atoms with Gasteiger partial charge in [0.1, 0.15) is 0 Å². The van der Waals surface area contributed by atoms with Crippen LogP contribution in [-0.2, 0) is 0 Å². The number of carbonyl (C=O) groups is 1. The fraction of sp³-hybridized carbons (Fsp3) is 0.462. The van der Waals surface area contributed by atoms with Crippen molar-refractivity contribution in [3.05, 3.63) is 29.8 Å². The van der Waals surface area contributed by atoms with E-state index in [1.54, 1.807) is 24.3 Å². The summed E-state index contributed by atoms with van der Waals surface area (Å²) in [6, 6.07) is 7.05. The van der Waals surface area contributed by atoms with Gasteiger partial charge in [-0.05, 0) is 52.0 Å². The molecule has 0 unspecified atom stereocenters. The van der Waals surface area contributed by atoms with Crippen molar-refractivity contribution in [1.82, 2.24) is 4.90 Å². The summed E-state index contributed by atoms with van der Waals surface area (Å²) in [5.41, 5.74) is 6.80. The Balaban J connectivity index is 2.96. The van der Waals surface area contributed by atoms with Crippen molar-refractivity contribution in [2.75, 3.05) is 12.3 Å². The lowest BCUT2D eigenvalue weighted by atomic mass is 10.0. The summed E-state index contributed by atoms with van der Waals surface area (Å²) in [4.78, 5) is 14.1. The maximum absolute atomic E-state index is 12.2. The van der Waals surface area contributed by atoms with Crippen molar-refractivity contribution < 1.29 is 4.79 Å². The second-order valence-corrected chi connectivity index (χ2v) is 4.84. The summed E-state index contributed by atoms with van der Waals surface area (Å²) < 4.78 is 0. The lowest BCUT2D eigenvalue weighted by Gasteiger charge is -2.34. The van der Waals surface area contributed by atoms with Gasteiger partial charge < -0.3 is 10.6 Å². The number of nitrogens with zero attached hydrogens (tertiary/aromatic N) is 1. The van der Waals surface area contributed by atoms with Gasteiger partial charge in [0.2, 0.25) is 0 Å². The molecule has 1 rings (SSSR count). The fourth-order valence-electron chi connectivity index (χ4n) is 1.70. The molecule has 0 saturated carbocycles. The second kappa shape index (κ2) is 4.56. The monoisotopic (exact) mass is 220 g/mol. The van der Waals surface area contributed by atoms with Crippen molar-refractivity contribution in [3.8, 4) is 0 Å². The molecule has 0 fully saturated rings. The Morgan fingerprint density at radius 3 is 2.12 bits per heavy atom. The van der Waals surface area contributed by atoms with E-state index in [1.807, 2.05) is 32.6 Å². The normalized spacial score (nSPS) is 11.2. The van der Waals surface area contributed by atoms with Gasteiger partial charge in [0.05, 0.1) is 0 Å². The van der Waals surface area contributed by atoms with E-state index in [0.29, 0.717) is 17.8 Å². The first kappa shape index (κ1) is 12.6. The standard InChI is InChI=1S/C13H20N2O/c1-5-15(13(2,3)4)12(16)10-6-8-11(14)9-7-10/h6-9H,5,14H2,1-4H3. The Bertz CT molecular complexity index is 363. The first-order valence-corrected chi connectivity index (χ1v) is 5.53. The zero-order valence-electron chi connectivity index (χ0n) is 10.4. The molecule has 0 bridgehead atoms. The van der Waals surface area contributed by atoms with Crippen LogP contribution < -0.4 is 5.73 Å². The maximum atomic E-state index is 12.2. The number of carbonyl (C=O) groups excluding carboxylic acids is 1. The third-order valence-corrected chi connectivity index (χ3v) is 2.53. The van der Waals surface area contributed by atoms with E-state index < -0.39 is 0 Å². The molecule has 2 N–H and O–H groups in total. The molecule has 0 aliphatic carbocycles. The van der Waals surface area contributed by atoms with Gasteiger partial charge in [-0.2, -0.15) is 0 Å². The molecule has 88 valence electrons. The minimum Gasteiger partial charge on any atom is -0.399 e. The maximum Gasteiger partial charge on any atom is 0.254 e. The van der Waals surface area contributed by atoms with E-state index in [-0.39, 0.29) is 11.4 Å². The van der Waals surface area contributed by atoms with Gasteiger partial charge >= 0.3 is 0 Å². The molecule has 0 atom stereocenters. The number of anilines is 1. The molecule has 0 radical (unpaired) electrons. The Morgan fingerprint density at radius 2 is 1.75 bits per heavy atom. The molecule has 0 aliphatic heterocycles. The largest absolute Gasteiger partial charge is 0.399 e. The van der Waals surface area contributed by atoms with Gasteiger partial charge in [-0.1, -0.05) is 0 Å². The topological polar surface area (TPSA) is 46.3 Å². The third kappa shape index (κ3) is 2.75. The molecular weight excluding hydrogens is 200 g/mol. The Labute approximate surface area is 97.2 Å². The van der Waals surface area contributed by atoms with Crippen LogP contribution in [0.25, 0.3) is 0 Å². The van der Waals surface area contributed by atoms with Crippen LogP contribution in [-0.4, -0.2) is 22.9 Å². The van der Waals surface area contributed by atoms with Gasteiger partial charge in [-0.25, -0.2) is 0 Å². The number of hydrogen-bond acceptors (Lipinski definition) is 2. The summed E-state index contributed by atoms with van der Waals surface area (Å²) in [5, 5.41) is 0. The van der Waals surface area contributed by atoms with Crippen LogP contribution in [0.4, 0.5) is 5.69 Å². The number of nitrogen functional groups attached to an aromatic ring is 1. The Hall–Kier alpha value is -1.51. The number of benzene rings is 1. The highest BCUT2D eigenvalue weighted by Gasteiger charge is 2.25. The van der Waals surface area contributed by atoms with Gasteiger partial charge in [0.25, 0.3) is 5.91 Å². The van der Waals surface area contributed by atoms with E-state index in [9.17, 15) is 4.79 Å². The lowest BCUT2D eigenvalue weighted by molar-refractivity contribution is 0.0599. The molecule has 0 saturated heterocycles. The van der Waals surface area contributed by atoms with E-state index in [1.165, 1.54) is 0 Å². The first-order chi connectivity index (χ1) is 7.36. The van der Waals surface area contributed by atoms with Crippen molar-refractivity contribution in [2.24, 2.45) is 0 Å². The number of nitrogens with two attached hydrogens (primary N) is 1. The van der Waals surface area contributed by atoms with Crippen LogP contribution >= 0.6 is 0 Å². The van der Waals surface area contributed by atoms with Gasteiger partial charge in [-0.15, -0.1) is 0 Å². The average Bonchev–Trinajstić information content (AvgIpc) is 2.17. The summed E-state index contributed by atoms with van der Waals surface area (Å²) in [5.74, 6) is 0.0509. The van der Waals surface area contributed by atoms with Crippen LogP contribution in [0, 0.1) is 0 Å². The molecule has 0 spiro atoms. The predicted octanol–water partition coefficient (Wildman–Crippen LogP) is 2.53. The quantitative estimate of drug-likeness (QED) is 0.778. The molecule has 3 nitrogen and oxygen atoms in total. The van der Waals surface area contributed by atoms with Gasteiger partial charge in [0, 0.05) is 23.3 Å². The van der Waals surface area contributed by atoms with E-state index in [4.69, 9.17) is 5.73 Å². The van der Waals surface area contributed by atoms with Crippen molar-refractivity contribution in [3.63, 3.8) is 0 Å². The van der Waals surface area contributed by atoms with E-state index in [2.05, 4.69) is 0 Å². The van der Waals surface area contributed by atoms with Crippen molar-refractivity contribution in [1.29, 1.82) is 0 Å². The van der Waals surface area contributed by atoms with Gasteiger partial charge in [-0.3, -0.25) is 4.79 Å². The van der Waals surface area contributed by atoms with Crippen LogP contribution in [0.1, 0.15) is 38.1 Å². The molecule has 1 aromatic carbocycles. The minimum atomic E-state index is -0.160. The highest BCUT2D eigenvalue weighted by Crippen LogP contribution is 2.17. The van der Waals surface area contributed by atoms with Crippen LogP contribution in [0.3, 0.4) is 0 Å². The zero-order valence-corrected chi connectivity index (χ0v) is 10.4. The average molecular weight is 220 g/mol. The molecule has 3 heteroatoms. The fourth-order valence-corrected chi connectivity index (χ4v) is 1.70. The first-order valence-electron chi connectivity index (χ1n) is 5.53. The second-order valence-electron chi connectivity index (χ2n) is 4.84. The third-order valence-electron chi connectivity index (χ3n) is 2.53. The van der Waals surface area contributed by atoms with Crippen LogP contribution in [0.15, 0.2) is 24.3 Å². The SMILES string of the molecule is CCN(C(=O)c1ccc(N)cc1)C(C)(C)C. The number of hydrogen-bond donors (Lipinski definition) is 1. The predicted molar refractivity (Wildman–Crippen MR) is 67.3 cm³/mol. The van der Waals surface area contributed by atoms with E-state index in [0.717, 1.165) is 0 Å². The molecular formula is C13H20N2O. The van der Waals surface area contributed by atoms with Crippen LogP contribution in [0.2, 0.25) is 0 Å². The highest BCUT2D eigenvalue weighted by molar-refractivity contribution is 5.95. The summed E-state index contributed by atoms with van der Waals surface area (Å²) in [7, 11) is 0. The number of rotatable bonds is 2. The smallest absolute Gasteiger partial charge is 0.254 e. The Kier molecular flexibility index (Phi) is 3.58. The van der Waals surface area contributed by atoms with Crippen molar-refractivity contribution >= 4 is 11.6 Å². The minimum absolute atomic E-state index is 0.0509. The summed E-state index contributed by atoms with van der Waals surface area (Å²) >= 11 is 0. The van der Waals surface area contributed by atoms with Crippen LogP contribution in [0.5, 0.6) is 0 Å². The molecule has 0 heterocycles. The Morgan fingerprint density at radius 1 is 1.25 bits per heavy atom. The molecule has 0 aromatic heterocycles. The van der Waals surface area contributed by atoms with E-state index >= 15 is 0 Å². The summed E-state index contributed by atoms with van der Waals surface area (Å²) in [6.07, 6.45) is 0. The number of amides is 1. The van der Waals surface area contributed by atoms with Gasteiger partial charge in [0.15, 0.2) is 0 Å². The zero-order chi connectivity index (χ0) is 12.3. The summed E-state index contributed by atoms with van der Waals surface area (Å²) in [6.45, 7) is 8.79. The molecule has 1 amide bonds. The molecule has 1 aromatic rings. The molecule has 0 aliphatic rings. The lowest BCUT2D eigenvalue weighted by Crippen LogP contribution is -2.45.